The normalized spacial score (nSPS) is 13.0. The van der Waals surface area contributed by atoms with Crippen molar-refractivity contribution in [3.8, 4) is 0 Å². The zero-order valence-electron chi connectivity index (χ0n) is 32.2. The Morgan fingerprint density at radius 1 is 0.393 bits per heavy atom. The maximum Gasteiger partial charge on any atom is 1.00 e. The molecule has 0 aromatic rings. The van der Waals surface area contributed by atoms with E-state index in [4.69, 9.17) is 38.3 Å². The number of nitrogens with zero attached hydrogens (tertiary/aromatic N) is 2. The molecule has 0 saturated heterocycles. The topological polar surface area (TPSA) is 309 Å². The van der Waals surface area contributed by atoms with Crippen LogP contribution in [-0.2, 0) is 76.7 Å². The Hall–Kier alpha value is 1.03. The first-order valence-electron chi connectivity index (χ1n) is 14.8. The summed E-state index contributed by atoms with van der Waals surface area (Å²) in [7, 11) is 0. The summed E-state index contributed by atoms with van der Waals surface area (Å²) < 4.78 is 19.9. The number of hydrogen-bond donors (Lipinski definition) is 0. The van der Waals surface area contributed by atoms with E-state index in [1.165, 1.54) is 27.7 Å². The molecule has 0 amide bonds. The first-order valence-corrected chi connectivity index (χ1v) is 14.8. The summed E-state index contributed by atoms with van der Waals surface area (Å²) in [6, 6.07) is 0. The van der Waals surface area contributed by atoms with Crippen molar-refractivity contribution in [1.29, 1.82) is 0 Å². The van der Waals surface area contributed by atoms with Crippen molar-refractivity contribution >= 4 is 47.8 Å². The standard InChI is InChI=1S/C30H40N2O20.4K/c1-19(49-27(41)9-5-23(33)34)15-45-31(46-16-20(2)50-28(42)10-6-24(35)36)13-14-32(47-17-21(3)51-29(43)11-7-25(37)38)48-18-22(4)52-30(44)12-8-26(39)40;;;;/h5-12,19-22H,13-18H2,1-4H3,(H,33,34)(H,35,36)(H,37,38)(H,39,40);;;;/q;4*+1/p-4/b9-5-,10-6-,11-7-,12-8-;;;;. The van der Waals surface area contributed by atoms with Gasteiger partial charge in [-0.1, -0.05) is 10.5 Å². The van der Waals surface area contributed by atoms with Crippen LogP contribution in [0, 0.1) is 0 Å². The third kappa shape index (κ3) is 41.7. The van der Waals surface area contributed by atoms with Gasteiger partial charge in [-0.15, -0.1) is 0 Å². The van der Waals surface area contributed by atoms with Gasteiger partial charge in [0, 0.05) is 24.3 Å². The van der Waals surface area contributed by atoms with Gasteiger partial charge in [-0.2, -0.15) is 0 Å². The van der Waals surface area contributed by atoms with Crippen LogP contribution in [0.25, 0.3) is 0 Å². The number of carboxylic acid groups (broad SMARTS) is 4. The SMILES string of the molecule is CC(CON(CCN(OCC(C)OC(=O)/C=C\C(=O)[O-])OCC(C)OC(=O)/C=C\C(=O)[O-])OCC(C)OC(=O)/C=C\C(=O)[O-])OC(=O)/C=C\C(=O)[O-].[K+].[K+].[K+].[K+]. The first-order chi connectivity index (χ1) is 24.4. The van der Waals surface area contributed by atoms with Gasteiger partial charge in [0.1, 0.15) is 50.8 Å². The number of esters is 4. The minimum Gasteiger partial charge on any atom is -0.545 e. The monoisotopic (exact) mass is 900 g/mol. The first kappa shape index (κ1) is 66.1. The van der Waals surface area contributed by atoms with E-state index in [1.54, 1.807) is 0 Å². The molecule has 0 heterocycles. The Labute approximate surface area is 491 Å². The molecule has 0 radical (unpaired) electrons. The molecule has 4 unspecified atom stereocenters. The van der Waals surface area contributed by atoms with E-state index in [0.29, 0.717) is 48.6 Å². The number of aliphatic carboxylic acids is 4. The van der Waals surface area contributed by atoms with Crippen LogP contribution in [-0.4, -0.2) is 122 Å². The van der Waals surface area contributed by atoms with Crippen LogP contribution in [0.1, 0.15) is 27.7 Å². The van der Waals surface area contributed by atoms with Crippen LogP contribution < -0.4 is 226 Å². The molecule has 56 heavy (non-hydrogen) atoms. The number of carboxylic acids is 4. The summed E-state index contributed by atoms with van der Waals surface area (Å²) in [6.45, 7) is 3.33. The maximum atomic E-state index is 11.8. The molecular formula is C30H36K4N2O20. The summed E-state index contributed by atoms with van der Waals surface area (Å²) >= 11 is 0. The van der Waals surface area contributed by atoms with Crippen LogP contribution in [0.4, 0.5) is 0 Å². The molecule has 0 aliphatic rings. The molecule has 4 atom stereocenters. The van der Waals surface area contributed by atoms with Gasteiger partial charge in [0.2, 0.25) is 0 Å². The Kier molecular flexibility index (Phi) is 47.4. The average molecular weight is 901 g/mol. The Balaban J connectivity index is -0.00000217. The zero-order valence-corrected chi connectivity index (χ0v) is 44.7. The van der Waals surface area contributed by atoms with E-state index in [2.05, 4.69) is 0 Å². The molecule has 0 aliphatic heterocycles. The molecule has 0 aromatic heterocycles. The molecule has 0 saturated carbocycles. The van der Waals surface area contributed by atoms with E-state index in [1.807, 2.05) is 0 Å². The number of carbonyl (C=O) groups excluding carboxylic acids is 8. The summed E-state index contributed by atoms with van der Waals surface area (Å²) in [5.41, 5.74) is 0. The van der Waals surface area contributed by atoms with Gasteiger partial charge >= 0.3 is 229 Å². The van der Waals surface area contributed by atoms with E-state index in [0.717, 1.165) is 10.5 Å². The van der Waals surface area contributed by atoms with Crippen molar-refractivity contribution < 1.29 is 303 Å². The third-order valence-electron chi connectivity index (χ3n) is 4.97. The molecule has 0 bridgehead atoms. The Morgan fingerprint density at radius 3 is 0.732 bits per heavy atom. The van der Waals surface area contributed by atoms with Crippen LogP contribution in [0.5, 0.6) is 0 Å². The smallest absolute Gasteiger partial charge is 0.545 e. The average Bonchev–Trinajstić information content (AvgIpc) is 3.04. The summed E-state index contributed by atoms with van der Waals surface area (Å²) in [5.74, 6) is -10.7. The molecule has 0 fully saturated rings. The van der Waals surface area contributed by atoms with Crippen LogP contribution in [0.3, 0.4) is 0 Å². The van der Waals surface area contributed by atoms with Crippen molar-refractivity contribution in [1.82, 2.24) is 10.5 Å². The van der Waals surface area contributed by atoms with E-state index < -0.39 is 98.6 Å². The molecule has 0 aromatic carbocycles. The molecule has 0 rings (SSSR count). The molecule has 0 aliphatic carbocycles. The predicted molar refractivity (Wildman–Crippen MR) is 156 cm³/mol. The number of rotatable bonds is 27. The van der Waals surface area contributed by atoms with Gasteiger partial charge in [-0.3, -0.25) is 19.4 Å². The summed E-state index contributed by atoms with van der Waals surface area (Å²) in [5, 5.41) is 43.7. The van der Waals surface area contributed by atoms with Gasteiger partial charge in [0.05, 0.1) is 37.0 Å². The van der Waals surface area contributed by atoms with E-state index >= 15 is 0 Å². The van der Waals surface area contributed by atoms with Crippen LogP contribution in [0.15, 0.2) is 48.6 Å². The Morgan fingerprint density at radius 2 is 0.571 bits per heavy atom. The molecule has 26 heteroatoms. The quantitative estimate of drug-likeness (QED) is 0.0243. The van der Waals surface area contributed by atoms with Crippen molar-refractivity contribution in [2.24, 2.45) is 0 Å². The summed E-state index contributed by atoms with van der Waals surface area (Å²) in [6.07, 6.45) is 0.213. The minimum absolute atomic E-state index is 0. The second-order valence-electron chi connectivity index (χ2n) is 9.90. The van der Waals surface area contributed by atoms with Crippen LogP contribution >= 0.6 is 0 Å². The van der Waals surface area contributed by atoms with E-state index in [9.17, 15) is 58.8 Å². The second-order valence-corrected chi connectivity index (χ2v) is 9.90. The van der Waals surface area contributed by atoms with Gasteiger partial charge < -0.3 is 58.6 Å². The van der Waals surface area contributed by atoms with Gasteiger partial charge in [0.25, 0.3) is 0 Å². The van der Waals surface area contributed by atoms with Crippen molar-refractivity contribution in [2.45, 2.75) is 52.1 Å². The summed E-state index contributed by atoms with van der Waals surface area (Å²) in [4.78, 5) is 111. The van der Waals surface area contributed by atoms with Crippen molar-refractivity contribution in [3.05, 3.63) is 48.6 Å². The molecular weight excluding hydrogens is 865 g/mol. The third-order valence-corrected chi connectivity index (χ3v) is 4.97. The molecule has 0 N–H and O–H groups in total. The fourth-order valence-electron chi connectivity index (χ4n) is 2.88. The Bertz CT molecular complexity index is 1170. The van der Waals surface area contributed by atoms with Gasteiger partial charge in [-0.05, 0) is 52.0 Å². The van der Waals surface area contributed by atoms with Crippen LogP contribution in [0.2, 0.25) is 0 Å². The van der Waals surface area contributed by atoms with Crippen molar-refractivity contribution in [3.63, 3.8) is 0 Å². The van der Waals surface area contributed by atoms with E-state index in [-0.39, 0.29) is 219 Å². The zero-order chi connectivity index (χ0) is 39.6. The largest absolute Gasteiger partial charge is 1.00 e. The number of carbonyl (C=O) groups is 8. The molecule has 22 nitrogen and oxygen atoms in total. The maximum absolute atomic E-state index is 11.8. The van der Waals surface area contributed by atoms with Gasteiger partial charge in [-0.25, -0.2) is 19.2 Å². The fourth-order valence-corrected chi connectivity index (χ4v) is 2.88. The fraction of sp³-hybridized carbons (Fsp3) is 0.467. The molecule has 0 spiro atoms. The number of ether oxygens (including phenoxy) is 4. The minimum atomic E-state index is -1.64. The number of hydrogen-bond acceptors (Lipinski definition) is 22. The second kappa shape index (κ2) is 40.1. The molecule has 290 valence electrons. The van der Waals surface area contributed by atoms with Gasteiger partial charge in [0.15, 0.2) is 0 Å². The van der Waals surface area contributed by atoms with Crippen molar-refractivity contribution in [2.75, 3.05) is 39.5 Å². The number of hydroxylamine groups is 4. The predicted octanol–water partition coefficient (Wildman–Crippen LogP) is -17.7.